The van der Waals surface area contributed by atoms with Crippen molar-refractivity contribution in [1.29, 1.82) is 0 Å². The van der Waals surface area contributed by atoms with Gasteiger partial charge in [0.2, 0.25) is 5.91 Å². The molecule has 1 unspecified atom stereocenters. The Bertz CT molecular complexity index is 611. The van der Waals surface area contributed by atoms with Crippen LogP contribution in [-0.4, -0.2) is 15.7 Å². The predicted octanol–water partition coefficient (Wildman–Crippen LogP) is 2.06. The third kappa shape index (κ3) is 3.26. The summed E-state index contributed by atoms with van der Waals surface area (Å²) in [5.41, 5.74) is 7.65. The van der Waals surface area contributed by atoms with E-state index in [-0.39, 0.29) is 11.9 Å². The van der Waals surface area contributed by atoms with E-state index in [2.05, 4.69) is 26.3 Å². The molecule has 2 atom stereocenters. The van der Waals surface area contributed by atoms with Crippen LogP contribution in [0.15, 0.2) is 41.1 Å². The van der Waals surface area contributed by atoms with Crippen LogP contribution in [-0.2, 0) is 11.8 Å². The van der Waals surface area contributed by atoms with Crippen molar-refractivity contribution in [3.63, 3.8) is 0 Å². The van der Waals surface area contributed by atoms with Gasteiger partial charge in [-0.2, -0.15) is 5.10 Å². The molecule has 1 heterocycles. The number of nitrogens with two attached hydrogens (primary N) is 1. The lowest BCUT2D eigenvalue weighted by Crippen LogP contribution is -2.35. The number of hydrogen-bond acceptors (Lipinski definition) is 3. The van der Waals surface area contributed by atoms with Gasteiger partial charge in [0, 0.05) is 23.3 Å². The fourth-order valence-corrected chi connectivity index (χ4v) is 2.59. The predicted molar refractivity (Wildman–Crippen MR) is 80.8 cm³/mol. The number of hydrogen-bond donors (Lipinski definition) is 2. The van der Waals surface area contributed by atoms with Crippen LogP contribution in [0, 0.1) is 0 Å². The van der Waals surface area contributed by atoms with E-state index in [4.69, 9.17) is 5.73 Å². The summed E-state index contributed by atoms with van der Waals surface area (Å²) in [6.07, 6.45) is 3.35. The quantitative estimate of drug-likeness (QED) is 0.897. The van der Waals surface area contributed by atoms with Gasteiger partial charge in [-0.05, 0) is 18.6 Å². The van der Waals surface area contributed by atoms with Gasteiger partial charge in [0.1, 0.15) is 6.04 Å². The van der Waals surface area contributed by atoms with E-state index >= 15 is 0 Å². The molecule has 0 aliphatic heterocycles. The molecule has 0 saturated carbocycles. The summed E-state index contributed by atoms with van der Waals surface area (Å²) in [5.74, 6) is -0.221. The molecule has 1 aromatic carbocycles. The molecule has 0 radical (unpaired) electrons. The van der Waals surface area contributed by atoms with Crippen molar-refractivity contribution in [2.24, 2.45) is 12.8 Å². The second-order valence-electron chi connectivity index (χ2n) is 4.68. The highest BCUT2D eigenvalue weighted by atomic mass is 79.9. The molecule has 1 amide bonds. The lowest BCUT2D eigenvalue weighted by Gasteiger charge is -2.18. The highest BCUT2D eigenvalue weighted by Gasteiger charge is 2.20. The fraction of sp³-hybridized carbons (Fsp3) is 0.286. The summed E-state index contributed by atoms with van der Waals surface area (Å²) < 4.78 is 2.59. The second kappa shape index (κ2) is 6.19. The number of carbonyl (C=O) groups is 1. The Labute approximate surface area is 126 Å². The topological polar surface area (TPSA) is 72.9 Å². The van der Waals surface area contributed by atoms with Gasteiger partial charge in [-0.1, -0.05) is 34.1 Å². The number of nitrogens with zero attached hydrogens (tertiary/aromatic N) is 2. The van der Waals surface area contributed by atoms with E-state index in [9.17, 15) is 4.79 Å². The third-order valence-corrected chi connectivity index (χ3v) is 3.82. The van der Waals surface area contributed by atoms with Gasteiger partial charge in [-0.3, -0.25) is 9.48 Å². The Morgan fingerprint density at radius 2 is 2.15 bits per heavy atom. The molecule has 1 aromatic heterocycles. The molecule has 3 N–H and O–H groups in total. The maximum Gasteiger partial charge on any atom is 0.242 e. The Balaban J connectivity index is 2.06. The summed E-state index contributed by atoms with van der Waals surface area (Å²) >= 11 is 3.48. The maximum atomic E-state index is 12.2. The van der Waals surface area contributed by atoms with Crippen LogP contribution in [0.25, 0.3) is 0 Å². The normalized spacial score (nSPS) is 13.8. The van der Waals surface area contributed by atoms with Gasteiger partial charge >= 0.3 is 0 Å². The number of benzene rings is 1. The Morgan fingerprint density at radius 1 is 1.45 bits per heavy atom. The van der Waals surface area contributed by atoms with Gasteiger partial charge in [0.25, 0.3) is 0 Å². The van der Waals surface area contributed by atoms with Crippen molar-refractivity contribution in [2.75, 3.05) is 0 Å². The first-order chi connectivity index (χ1) is 9.49. The van der Waals surface area contributed by atoms with E-state index in [1.54, 1.807) is 24.1 Å². The summed E-state index contributed by atoms with van der Waals surface area (Å²) in [5, 5.41) is 6.93. The van der Waals surface area contributed by atoms with Crippen molar-refractivity contribution in [2.45, 2.75) is 19.0 Å². The first kappa shape index (κ1) is 14.7. The van der Waals surface area contributed by atoms with E-state index in [0.717, 1.165) is 10.0 Å². The lowest BCUT2D eigenvalue weighted by molar-refractivity contribution is -0.123. The number of nitrogens with one attached hydrogen (secondary N) is 1. The van der Waals surface area contributed by atoms with Crippen LogP contribution in [0.1, 0.15) is 30.1 Å². The van der Waals surface area contributed by atoms with Crippen molar-refractivity contribution in [3.8, 4) is 0 Å². The van der Waals surface area contributed by atoms with E-state index < -0.39 is 6.04 Å². The maximum absolute atomic E-state index is 12.2. The first-order valence-electron chi connectivity index (χ1n) is 6.28. The van der Waals surface area contributed by atoms with E-state index in [0.29, 0.717) is 5.56 Å². The van der Waals surface area contributed by atoms with Gasteiger partial charge in [0.05, 0.1) is 12.2 Å². The van der Waals surface area contributed by atoms with Crippen LogP contribution in [0.3, 0.4) is 0 Å². The largest absolute Gasteiger partial charge is 0.348 e. The smallest absolute Gasteiger partial charge is 0.242 e. The number of rotatable bonds is 4. The van der Waals surface area contributed by atoms with Crippen LogP contribution >= 0.6 is 15.9 Å². The van der Waals surface area contributed by atoms with Crippen LogP contribution in [0.4, 0.5) is 0 Å². The molecule has 5 nitrogen and oxygen atoms in total. The Kier molecular flexibility index (Phi) is 4.57. The summed E-state index contributed by atoms with van der Waals surface area (Å²) in [7, 11) is 1.79. The van der Waals surface area contributed by atoms with Crippen molar-refractivity contribution < 1.29 is 4.79 Å². The number of amides is 1. The highest BCUT2D eigenvalue weighted by molar-refractivity contribution is 9.10. The first-order valence-corrected chi connectivity index (χ1v) is 7.07. The van der Waals surface area contributed by atoms with Crippen molar-refractivity contribution in [1.82, 2.24) is 15.1 Å². The van der Waals surface area contributed by atoms with Crippen LogP contribution < -0.4 is 11.1 Å². The number of aromatic nitrogens is 2. The average Bonchev–Trinajstić information content (AvgIpc) is 2.84. The van der Waals surface area contributed by atoms with Gasteiger partial charge < -0.3 is 11.1 Å². The zero-order valence-electron chi connectivity index (χ0n) is 11.4. The van der Waals surface area contributed by atoms with Crippen molar-refractivity contribution >= 4 is 21.8 Å². The van der Waals surface area contributed by atoms with Gasteiger partial charge in [-0.15, -0.1) is 0 Å². The average molecular weight is 337 g/mol. The lowest BCUT2D eigenvalue weighted by atomic mass is 10.1. The number of carbonyl (C=O) groups excluding carboxylic acids is 1. The molecule has 0 aliphatic carbocycles. The third-order valence-electron chi connectivity index (χ3n) is 3.10. The van der Waals surface area contributed by atoms with Crippen LogP contribution in [0.5, 0.6) is 0 Å². The molecule has 2 aromatic rings. The standard InChI is InChI=1S/C14H17BrN4O/c1-9(11-5-3-4-6-12(11)15)18-14(20)13(16)10-7-17-19(2)8-10/h3-9,13H,16H2,1-2H3,(H,18,20)/t9-,13?/m0/s1. The zero-order chi connectivity index (χ0) is 14.7. The number of aryl methyl sites for hydroxylation is 1. The second-order valence-corrected chi connectivity index (χ2v) is 5.53. The molecular weight excluding hydrogens is 320 g/mol. The minimum Gasteiger partial charge on any atom is -0.348 e. The minimum absolute atomic E-state index is 0.124. The molecule has 0 fully saturated rings. The molecule has 0 aliphatic rings. The number of halogens is 1. The summed E-state index contributed by atoms with van der Waals surface area (Å²) in [4.78, 5) is 12.2. The molecule has 6 heteroatoms. The fourth-order valence-electron chi connectivity index (χ4n) is 1.96. The molecule has 0 bridgehead atoms. The molecular formula is C14H17BrN4O. The van der Waals surface area contributed by atoms with Gasteiger partial charge in [0.15, 0.2) is 0 Å². The molecule has 2 rings (SSSR count). The molecule has 20 heavy (non-hydrogen) atoms. The zero-order valence-corrected chi connectivity index (χ0v) is 13.0. The van der Waals surface area contributed by atoms with Gasteiger partial charge in [-0.25, -0.2) is 0 Å². The monoisotopic (exact) mass is 336 g/mol. The highest BCUT2D eigenvalue weighted by Crippen LogP contribution is 2.23. The minimum atomic E-state index is -0.714. The Morgan fingerprint density at radius 3 is 2.75 bits per heavy atom. The summed E-state index contributed by atoms with van der Waals surface area (Å²) in [6, 6.07) is 6.94. The molecule has 106 valence electrons. The van der Waals surface area contributed by atoms with E-state index in [1.807, 2.05) is 31.2 Å². The van der Waals surface area contributed by atoms with Crippen molar-refractivity contribution in [3.05, 3.63) is 52.3 Å². The van der Waals surface area contributed by atoms with Crippen LogP contribution in [0.2, 0.25) is 0 Å². The Hall–Kier alpha value is -1.66. The SMILES string of the molecule is C[C@H](NC(=O)C(N)c1cnn(C)c1)c1ccccc1Br. The molecule has 0 spiro atoms. The summed E-state index contributed by atoms with van der Waals surface area (Å²) in [6.45, 7) is 1.92. The molecule has 0 saturated heterocycles. The van der Waals surface area contributed by atoms with E-state index in [1.165, 1.54) is 0 Å².